The van der Waals surface area contributed by atoms with Crippen LogP contribution in [0.1, 0.15) is 17.0 Å². The van der Waals surface area contributed by atoms with E-state index in [0.29, 0.717) is 19.6 Å². The highest BCUT2D eigenvalue weighted by molar-refractivity contribution is 5.84. The maximum Gasteiger partial charge on any atom is 0.252 e. The highest BCUT2D eigenvalue weighted by Crippen LogP contribution is 2.34. The van der Waals surface area contributed by atoms with Crippen LogP contribution in [-0.4, -0.2) is 51.2 Å². The summed E-state index contributed by atoms with van der Waals surface area (Å²) in [6.07, 6.45) is -0.900. The minimum atomic E-state index is -0.900. The Labute approximate surface area is 140 Å². The second-order valence-corrected chi connectivity index (χ2v) is 6.75. The van der Waals surface area contributed by atoms with Gasteiger partial charge in [-0.1, -0.05) is 35.5 Å². The molecule has 1 N–H and O–H groups in total. The van der Waals surface area contributed by atoms with Crippen molar-refractivity contribution in [1.29, 1.82) is 0 Å². The Kier molecular flexibility index (Phi) is 3.86. The molecule has 2 aliphatic rings. The van der Waals surface area contributed by atoms with Crippen molar-refractivity contribution in [2.75, 3.05) is 13.1 Å². The Bertz CT molecular complexity index is 730. The van der Waals surface area contributed by atoms with Gasteiger partial charge in [-0.05, 0) is 12.5 Å². The molecule has 0 aliphatic carbocycles. The molecule has 126 valence electrons. The number of rotatable bonds is 4. The summed E-state index contributed by atoms with van der Waals surface area (Å²) in [6, 6.07) is 11.9. The molecule has 0 bridgehead atoms. The quantitative estimate of drug-likeness (QED) is 0.913. The molecule has 2 aliphatic heterocycles. The van der Waals surface area contributed by atoms with E-state index in [9.17, 15) is 9.90 Å². The smallest absolute Gasteiger partial charge is 0.252 e. The van der Waals surface area contributed by atoms with Crippen molar-refractivity contribution in [1.82, 2.24) is 15.0 Å². The first-order valence-corrected chi connectivity index (χ1v) is 8.29. The molecule has 2 fully saturated rings. The number of nitrogens with zero attached hydrogens (tertiary/aromatic N) is 3. The molecule has 2 aromatic rings. The van der Waals surface area contributed by atoms with Crippen molar-refractivity contribution in [2.45, 2.75) is 32.2 Å². The van der Waals surface area contributed by atoms with Crippen LogP contribution in [0.4, 0.5) is 0 Å². The number of benzene rings is 1. The van der Waals surface area contributed by atoms with Gasteiger partial charge in [0.2, 0.25) is 0 Å². The lowest BCUT2D eigenvalue weighted by molar-refractivity contribution is -0.136. The number of amides is 1. The first kappa shape index (κ1) is 15.4. The molecule has 6 nitrogen and oxygen atoms in total. The Balaban J connectivity index is 1.48. The summed E-state index contributed by atoms with van der Waals surface area (Å²) >= 11 is 0. The van der Waals surface area contributed by atoms with E-state index < -0.39 is 6.10 Å². The zero-order chi connectivity index (χ0) is 16.7. The van der Waals surface area contributed by atoms with Gasteiger partial charge in [0, 0.05) is 38.2 Å². The van der Waals surface area contributed by atoms with Crippen LogP contribution in [0.25, 0.3) is 0 Å². The molecular weight excluding hydrogens is 306 g/mol. The predicted octanol–water partition coefficient (Wildman–Crippen LogP) is 1.19. The molecule has 3 atom stereocenters. The number of fused-ring (bicyclic) bond motifs is 1. The normalized spacial score (nSPS) is 27.0. The number of aliphatic hydroxyl groups excluding tert-OH is 1. The van der Waals surface area contributed by atoms with Crippen LogP contribution in [0.5, 0.6) is 0 Å². The van der Waals surface area contributed by atoms with E-state index in [2.05, 4.69) is 10.1 Å². The Morgan fingerprint density at radius 3 is 2.75 bits per heavy atom. The van der Waals surface area contributed by atoms with Gasteiger partial charge in [-0.25, -0.2) is 0 Å². The number of aryl methyl sites for hydroxylation is 1. The van der Waals surface area contributed by atoms with Gasteiger partial charge in [0.25, 0.3) is 5.91 Å². The summed E-state index contributed by atoms with van der Waals surface area (Å²) < 4.78 is 5.12. The van der Waals surface area contributed by atoms with Gasteiger partial charge < -0.3 is 14.5 Å². The van der Waals surface area contributed by atoms with Crippen LogP contribution < -0.4 is 0 Å². The fourth-order valence-electron chi connectivity index (χ4n) is 3.88. The van der Waals surface area contributed by atoms with Crippen molar-refractivity contribution in [3.05, 3.63) is 53.4 Å². The average molecular weight is 327 g/mol. The molecule has 3 heterocycles. The zero-order valence-electron chi connectivity index (χ0n) is 13.6. The van der Waals surface area contributed by atoms with E-state index in [4.69, 9.17) is 4.52 Å². The molecule has 4 rings (SSSR count). The zero-order valence-corrected chi connectivity index (χ0v) is 13.6. The number of carbonyl (C=O) groups excluding carboxylic acids is 1. The molecule has 6 heteroatoms. The minimum absolute atomic E-state index is 0.0331. The van der Waals surface area contributed by atoms with Crippen LogP contribution in [0.3, 0.4) is 0 Å². The van der Waals surface area contributed by atoms with Gasteiger partial charge in [0.1, 0.15) is 11.9 Å². The van der Waals surface area contributed by atoms with Gasteiger partial charge in [0.15, 0.2) is 0 Å². The fourth-order valence-corrected chi connectivity index (χ4v) is 3.88. The number of aliphatic hydroxyl groups is 1. The maximum absolute atomic E-state index is 12.4. The van der Waals surface area contributed by atoms with Crippen LogP contribution in [0.15, 0.2) is 40.9 Å². The largest absolute Gasteiger partial charge is 0.383 e. The van der Waals surface area contributed by atoms with Gasteiger partial charge in [0.05, 0.1) is 11.7 Å². The molecule has 1 aromatic heterocycles. The lowest BCUT2D eigenvalue weighted by atomic mass is 10.0. The lowest BCUT2D eigenvalue weighted by Crippen LogP contribution is -2.38. The third-order valence-corrected chi connectivity index (χ3v) is 5.01. The third kappa shape index (κ3) is 2.72. The maximum atomic E-state index is 12.4. The van der Waals surface area contributed by atoms with E-state index in [1.807, 2.05) is 48.2 Å². The highest BCUT2D eigenvalue weighted by Gasteiger charge is 2.51. The van der Waals surface area contributed by atoms with Crippen molar-refractivity contribution in [2.24, 2.45) is 5.92 Å². The van der Waals surface area contributed by atoms with Gasteiger partial charge in [-0.15, -0.1) is 0 Å². The Morgan fingerprint density at radius 1 is 1.25 bits per heavy atom. The van der Waals surface area contributed by atoms with Crippen LogP contribution in [0.2, 0.25) is 0 Å². The standard InChI is InChI=1S/C18H21N3O3/c1-12-7-14(19-24-12)9-20-10-15-16(11-20)21(18(23)17(15)22)8-13-5-3-2-4-6-13/h2-7,15-17,22H,8-11H2,1H3/t15-,16+,17-/m0/s1. The van der Waals surface area contributed by atoms with Crippen molar-refractivity contribution in [3.8, 4) is 0 Å². The molecule has 0 spiro atoms. The lowest BCUT2D eigenvalue weighted by Gasteiger charge is -2.25. The van der Waals surface area contributed by atoms with Crippen molar-refractivity contribution in [3.63, 3.8) is 0 Å². The molecule has 1 aromatic carbocycles. The van der Waals surface area contributed by atoms with E-state index in [1.54, 1.807) is 0 Å². The van der Waals surface area contributed by atoms with Gasteiger partial charge >= 0.3 is 0 Å². The van der Waals surface area contributed by atoms with Gasteiger partial charge in [-0.2, -0.15) is 0 Å². The number of likely N-dealkylation sites (tertiary alicyclic amines) is 2. The van der Waals surface area contributed by atoms with Crippen LogP contribution >= 0.6 is 0 Å². The molecule has 24 heavy (non-hydrogen) atoms. The first-order valence-electron chi connectivity index (χ1n) is 8.29. The SMILES string of the molecule is Cc1cc(CN2C[C@@H]3[C@H](O)C(=O)N(Cc4ccccc4)[C@@H]3C2)no1. The molecular formula is C18H21N3O3. The molecule has 1 amide bonds. The summed E-state index contributed by atoms with van der Waals surface area (Å²) in [4.78, 5) is 16.5. The van der Waals surface area contributed by atoms with E-state index in [1.165, 1.54) is 0 Å². The third-order valence-electron chi connectivity index (χ3n) is 5.01. The summed E-state index contributed by atoms with van der Waals surface area (Å²) in [5.41, 5.74) is 1.98. The molecule has 2 saturated heterocycles. The van der Waals surface area contributed by atoms with E-state index >= 15 is 0 Å². The Hall–Kier alpha value is -2.18. The topological polar surface area (TPSA) is 69.8 Å². The summed E-state index contributed by atoms with van der Waals surface area (Å²) in [5, 5.41) is 14.4. The monoisotopic (exact) mass is 327 g/mol. The number of hydrogen-bond acceptors (Lipinski definition) is 5. The predicted molar refractivity (Wildman–Crippen MR) is 86.8 cm³/mol. The van der Waals surface area contributed by atoms with Crippen molar-refractivity contribution < 1.29 is 14.4 Å². The molecule has 0 radical (unpaired) electrons. The Morgan fingerprint density at radius 2 is 2.04 bits per heavy atom. The second-order valence-electron chi connectivity index (χ2n) is 6.75. The van der Waals surface area contributed by atoms with Crippen LogP contribution in [0, 0.1) is 12.8 Å². The summed E-state index contributed by atoms with van der Waals surface area (Å²) in [7, 11) is 0. The number of hydrogen-bond donors (Lipinski definition) is 1. The fraction of sp³-hybridized carbons (Fsp3) is 0.444. The second kappa shape index (κ2) is 6.03. The average Bonchev–Trinajstić information content (AvgIpc) is 3.23. The number of carbonyl (C=O) groups is 1. The van der Waals surface area contributed by atoms with Gasteiger partial charge in [-0.3, -0.25) is 9.69 Å². The van der Waals surface area contributed by atoms with Crippen molar-refractivity contribution >= 4 is 5.91 Å². The summed E-state index contributed by atoms with van der Waals surface area (Å²) in [6.45, 7) is 4.57. The minimum Gasteiger partial charge on any atom is -0.383 e. The molecule has 0 unspecified atom stereocenters. The summed E-state index contributed by atoms with van der Waals surface area (Å²) in [5.74, 6) is 0.616. The van der Waals surface area contributed by atoms with Crippen LogP contribution in [-0.2, 0) is 17.9 Å². The highest BCUT2D eigenvalue weighted by atomic mass is 16.5. The first-order chi connectivity index (χ1) is 11.6. The van der Waals surface area contributed by atoms with E-state index in [0.717, 1.165) is 23.6 Å². The molecule has 0 saturated carbocycles. The van der Waals surface area contributed by atoms with E-state index in [-0.39, 0.29) is 17.9 Å². The number of aromatic nitrogens is 1.